The normalized spacial score (nSPS) is 24.5. The van der Waals surface area contributed by atoms with Crippen LogP contribution < -0.4 is 10.2 Å². The lowest BCUT2D eigenvalue weighted by atomic mass is 9.85. The average molecular weight is 523 g/mol. The Labute approximate surface area is 205 Å². The van der Waals surface area contributed by atoms with Crippen molar-refractivity contribution in [3.8, 4) is 0 Å². The number of esters is 1. The van der Waals surface area contributed by atoms with E-state index in [0.717, 1.165) is 22.0 Å². The second kappa shape index (κ2) is 8.51. The van der Waals surface area contributed by atoms with Crippen LogP contribution in [0.3, 0.4) is 0 Å². The van der Waals surface area contributed by atoms with Crippen LogP contribution in [-0.2, 0) is 19.1 Å². The fourth-order valence-corrected chi connectivity index (χ4v) is 5.59. The Bertz CT molecular complexity index is 1220. The number of amides is 3. The summed E-state index contributed by atoms with van der Waals surface area (Å²) in [6.45, 7) is 3.38. The zero-order valence-corrected chi connectivity index (χ0v) is 20.3. The predicted molar refractivity (Wildman–Crippen MR) is 129 cm³/mol. The number of imide groups is 1. The first kappa shape index (κ1) is 22.5. The highest BCUT2D eigenvalue weighted by atomic mass is 79.9. The Balaban J connectivity index is 1.24. The van der Waals surface area contributed by atoms with Crippen LogP contribution in [0.4, 0.5) is 11.4 Å². The summed E-state index contributed by atoms with van der Waals surface area (Å²) in [5, 5.41) is 2.72. The fourth-order valence-electron chi connectivity index (χ4n) is 5.36. The number of nitrogens with zero attached hydrogens (tertiary/aromatic N) is 1. The lowest BCUT2D eigenvalue weighted by Gasteiger charge is -2.18. The van der Waals surface area contributed by atoms with E-state index in [1.165, 1.54) is 17.0 Å². The van der Waals surface area contributed by atoms with Crippen molar-refractivity contribution < 1.29 is 23.9 Å². The molecule has 3 aliphatic rings. The van der Waals surface area contributed by atoms with Gasteiger partial charge >= 0.3 is 5.97 Å². The van der Waals surface area contributed by atoms with Gasteiger partial charge in [0.1, 0.15) is 0 Å². The van der Waals surface area contributed by atoms with Crippen LogP contribution in [0.1, 0.15) is 27.9 Å². The number of fused-ring (bicyclic) bond motifs is 5. The highest BCUT2D eigenvalue weighted by Crippen LogP contribution is 2.53. The number of anilines is 2. The Morgan fingerprint density at radius 3 is 2.26 bits per heavy atom. The van der Waals surface area contributed by atoms with Crippen molar-refractivity contribution in [2.24, 2.45) is 23.7 Å². The Morgan fingerprint density at radius 2 is 1.65 bits per heavy atom. The minimum atomic E-state index is -0.707. The number of hydrogen-bond acceptors (Lipinski definition) is 5. The first-order valence-corrected chi connectivity index (χ1v) is 11.9. The maximum Gasteiger partial charge on any atom is 0.338 e. The smallest absolute Gasteiger partial charge is 0.338 e. The molecular formula is C26H23BrN2O5. The molecule has 2 bridgehead atoms. The molecule has 1 saturated heterocycles. The number of rotatable bonds is 5. The lowest BCUT2D eigenvalue weighted by molar-refractivity contribution is -0.123. The molecule has 0 spiro atoms. The van der Waals surface area contributed by atoms with E-state index in [0.29, 0.717) is 11.4 Å². The van der Waals surface area contributed by atoms with Gasteiger partial charge in [0.25, 0.3) is 5.91 Å². The van der Waals surface area contributed by atoms with Crippen LogP contribution in [0.2, 0.25) is 0 Å². The fraction of sp³-hybridized carbons (Fsp3) is 0.308. The van der Waals surface area contributed by atoms with Gasteiger partial charge in [0.15, 0.2) is 6.61 Å². The molecule has 4 atom stereocenters. The number of hydrogen-bond donors (Lipinski definition) is 1. The molecule has 2 aromatic rings. The third-order valence-corrected chi connectivity index (χ3v) is 8.12. The molecule has 0 unspecified atom stereocenters. The number of halogens is 1. The van der Waals surface area contributed by atoms with Gasteiger partial charge in [-0.05, 0) is 73.6 Å². The van der Waals surface area contributed by atoms with E-state index in [4.69, 9.17) is 4.74 Å². The van der Waals surface area contributed by atoms with Gasteiger partial charge in [0.2, 0.25) is 11.8 Å². The number of carbonyl (C=O) groups is 4. The van der Waals surface area contributed by atoms with Crippen LogP contribution in [0, 0.1) is 37.5 Å². The van der Waals surface area contributed by atoms with Crippen LogP contribution in [0.25, 0.3) is 0 Å². The first-order valence-electron chi connectivity index (χ1n) is 11.1. The van der Waals surface area contributed by atoms with Crippen molar-refractivity contribution >= 4 is 51.0 Å². The molecular weight excluding hydrogens is 500 g/mol. The summed E-state index contributed by atoms with van der Waals surface area (Å²) in [5.41, 5.74) is 3.08. The second-order valence-corrected chi connectivity index (χ2v) is 9.90. The van der Waals surface area contributed by atoms with Crippen molar-refractivity contribution in [2.75, 3.05) is 16.8 Å². The quantitative estimate of drug-likeness (QED) is 0.361. The highest BCUT2D eigenvalue weighted by molar-refractivity contribution is 9.10. The molecule has 8 heteroatoms. The van der Waals surface area contributed by atoms with Crippen LogP contribution >= 0.6 is 15.9 Å². The predicted octanol–water partition coefficient (Wildman–Crippen LogP) is 4.17. The molecule has 5 rings (SSSR count). The first-order chi connectivity index (χ1) is 16.2. The molecule has 34 heavy (non-hydrogen) atoms. The average Bonchev–Trinajstić information content (AvgIpc) is 3.49. The van der Waals surface area contributed by atoms with E-state index in [9.17, 15) is 19.2 Å². The molecule has 3 amide bonds. The third-order valence-electron chi connectivity index (χ3n) is 6.86. The van der Waals surface area contributed by atoms with Crippen molar-refractivity contribution in [3.63, 3.8) is 0 Å². The Kier molecular flexibility index (Phi) is 5.64. The van der Waals surface area contributed by atoms with E-state index in [1.54, 1.807) is 12.1 Å². The molecule has 7 nitrogen and oxygen atoms in total. The number of ether oxygens (including phenoxy) is 1. The molecule has 2 aliphatic carbocycles. The molecule has 1 heterocycles. The van der Waals surface area contributed by atoms with Gasteiger partial charge in [-0.25, -0.2) is 9.69 Å². The van der Waals surface area contributed by atoms with E-state index < -0.39 is 18.5 Å². The molecule has 2 fully saturated rings. The Morgan fingerprint density at radius 1 is 1.03 bits per heavy atom. The lowest BCUT2D eigenvalue weighted by Crippen LogP contribution is -2.33. The van der Waals surface area contributed by atoms with Gasteiger partial charge in [0, 0.05) is 10.2 Å². The number of benzene rings is 2. The largest absolute Gasteiger partial charge is 0.452 e. The summed E-state index contributed by atoms with van der Waals surface area (Å²) in [7, 11) is 0. The maximum absolute atomic E-state index is 13.0. The van der Waals surface area contributed by atoms with Crippen molar-refractivity contribution in [1.82, 2.24) is 0 Å². The zero-order chi connectivity index (χ0) is 24.1. The van der Waals surface area contributed by atoms with Crippen molar-refractivity contribution in [1.29, 1.82) is 0 Å². The van der Waals surface area contributed by atoms with Crippen molar-refractivity contribution in [3.05, 3.63) is 69.7 Å². The van der Waals surface area contributed by atoms with Gasteiger partial charge in [-0.1, -0.05) is 34.1 Å². The monoisotopic (exact) mass is 522 g/mol. The summed E-state index contributed by atoms with van der Waals surface area (Å²) in [6.07, 6.45) is 4.93. The van der Waals surface area contributed by atoms with Crippen LogP contribution in [-0.4, -0.2) is 30.3 Å². The standard InChI is InChI=1S/C26H23BrN2O5/c1-13-8-18(9-14(2)23(13)27)28-20(30)12-34-26(33)17-4-3-5-19(11-17)29-24(31)21-15-6-7-16(10-15)22(21)25(29)32/h3-9,11,15-16,21-22H,10,12H2,1-2H3,(H,28,30)/t15-,16-,21-,22-/m0/s1. The molecule has 174 valence electrons. The maximum atomic E-state index is 13.0. The van der Waals surface area contributed by atoms with E-state index in [2.05, 4.69) is 21.2 Å². The SMILES string of the molecule is Cc1cc(NC(=O)COC(=O)c2cccc(N3C(=O)[C@@H]4[C@@H](C3=O)[C@H]3C=C[C@H]4C3)c2)cc(C)c1Br. The number of allylic oxidation sites excluding steroid dienone is 2. The second-order valence-electron chi connectivity index (χ2n) is 9.11. The summed E-state index contributed by atoms with van der Waals surface area (Å²) in [5.74, 6) is -2.00. The van der Waals surface area contributed by atoms with Gasteiger partial charge in [0.05, 0.1) is 23.1 Å². The van der Waals surface area contributed by atoms with Gasteiger partial charge in [-0.2, -0.15) is 0 Å². The molecule has 0 radical (unpaired) electrons. The number of aryl methyl sites for hydroxylation is 2. The van der Waals surface area contributed by atoms with Crippen molar-refractivity contribution in [2.45, 2.75) is 20.3 Å². The molecule has 2 aromatic carbocycles. The van der Waals surface area contributed by atoms with E-state index >= 15 is 0 Å². The minimum Gasteiger partial charge on any atom is -0.452 e. The van der Waals surface area contributed by atoms with E-state index in [-0.39, 0.29) is 41.0 Å². The van der Waals surface area contributed by atoms with Crippen LogP contribution in [0.15, 0.2) is 53.0 Å². The topological polar surface area (TPSA) is 92.8 Å². The van der Waals surface area contributed by atoms with E-state index in [1.807, 2.05) is 38.1 Å². The molecule has 1 N–H and O–H groups in total. The summed E-state index contributed by atoms with van der Waals surface area (Å²) >= 11 is 3.48. The Hall–Kier alpha value is -3.26. The number of nitrogens with one attached hydrogen (secondary N) is 1. The van der Waals surface area contributed by atoms with Gasteiger partial charge < -0.3 is 10.1 Å². The zero-order valence-electron chi connectivity index (χ0n) is 18.7. The number of carbonyl (C=O) groups excluding carboxylic acids is 4. The van der Waals surface area contributed by atoms with Gasteiger partial charge in [-0.3, -0.25) is 14.4 Å². The summed E-state index contributed by atoms with van der Waals surface area (Å²) in [4.78, 5) is 52.1. The minimum absolute atomic E-state index is 0.112. The van der Waals surface area contributed by atoms with Gasteiger partial charge in [-0.15, -0.1) is 0 Å². The molecule has 0 aromatic heterocycles. The summed E-state index contributed by atoms with van der Waals surface area (Å²) in [6, 6.07) is 9.87. The van der Waals surface area contributed by atoms with Crippen LogP contribution in [0.5, 0.6) is 0 Å². The third kappa shape index (κ3) is 3.76. The molecule has 1 aliphatic heterocycles. The highest BCUT2D eigenvalue weighted by Gasteiger charge is 2.59. The molecule has 1 saturated carbocycles. The summed E-state index contributed by atoms with van der Waals surface area (Å²) < 4.78 is 6.15.